The van der Waals surface area contributed by atoms with E-state index in [-0.39, 0.29) is 0 Å². The maximum atomic E-state index is 10.0. The van der Waals surface area contributed by atoms with Crippen LogP contribution in [0.1, 0.15) is 27.7 Å². The molecule has 0 bridgehead atoms. The van der Waals surface area contributed by atoms with Crippen LogP contribution in [0.4, 0.5) is 0 Å². The van der Waals surface area contributed by atoms with Gasteiger partial charge in [0, 0.05) is 0 Å². The molecule has 0 saturated carbocycles. The molecule has 0 amide bonds. The summed E-state index contributed by atoms with van der Waals surface area (Å²) in [5, 5.41) is 0. The van der Waals surface area contributed by atoms with Gasteiger partial charge in [-0.05, 0) is 0 Å². The van der Waals surface area contributed by atoms with Crippen LogP contribution in [0.25, 0.3) is 0 Å². The molecule has 0 N–H and O–H groups in total. The van der Waals surface area contributed by atoms with Crippen LogP contribution in [0, 0.1) is 0 Å². The molecule has 5 nitrogen and oxygen atoms in total. The van der Waals surface area contributed by atoms with Crippen molar-refractivity contribution < 1.29 is 20.5 Å². The maximum absolute atomic E-state index is 10.0. The lowest BCUT2D eigenvalue weighted by atomic mass is 11.0. The van der Waals surface area contributed by atoms with Crippen molar-refractivity contribution >= 4 is 20.2 Å². The van der Waals surface area contributed by atoms with Gasteiger partial charge in [0.2, 0.25) is 0 Å². The van der Waals surface area contributed by atoms with Crippen molar-refractivity contribution in [2.75, 3.05) is 12.5 Å². The number of hydrogen-bond acceptors (Lipinski definition) is 5. The minimum absolute atomic E-state index is 0.661. The Hall–Kier alpha value is -0.140. The maximum Gasteiger partial charge on any atom is 0.278 e. The van der Waals surface area contributed by atoms with Crippen LogP contribution in [0.5, 0.6) is 0 Å². The fourth-order valence-corrected chi connectivity index (χ4v) is 2.02. The summed E-state index contributed by atoms with van der Waals surface area (Å²) < 4.78 is 43.8. The molecule has 0 rings (SSSR count). The first-order valence-electron chi connectivity index (χ1n) is 3.82. The molecule has 0 spiro atoms. The molecule has 0 atom stereocenters. The van der Waals surface area contributed by atoms with Crippen molar-refractivity contribution in [3.05, 3.63) is 0 Å². The standard InChI is InChI=1S/C2H6O5S2.2C2H6/c1-8(3,4)7-9(2,5)6;2*1-2/h1-2H3;2*1-2H3. The van der Waals surface area contributed by atoms with Gasteiger partial charge in [-0.2, -0.15) is 16.8 Å². The largest absolute Gasteiger partial charge is 0.278 e. The van der Waals surface area contributed by atoms with Gasteiger partial charge in [0.15, 0.2) is 0 Å². The van der Waals surface area contributed by atoms with E-state index in [0.717, 1.165) is 0 Å². The molecule has 0 radical (unpaired) electrons. The SMILES string of the molecule is CC.CC.CS(=O)(=O)OS(C)(=O)=O. The molecule has 0 aliphatic carbocycles. The molecule has 0 saturated heterocycles. The van der Waals surface area contributed by atoms with Gasteiger partial charge in [-0.25, -0.2) is 0 Å². The molecular formula is C6H18O5S2. The van der Waals surface area contributed by atoms with Crippen LogP contribution in [0.2, 0.25) is 0 Å². The molecule has 13 heavy (non-hydrogen) atoms. The highest BCUT2D eigenvalue weighted by Crippen LogP contribution is 1.92. The van der Waals surface area contributed by atoms with Gasteiger partial charge in [-0.1, -0.05) is 27.7 Å². The molecule has 0 aliphatic heterocycles. The van der Waals surface area contributed by atoms with Gasteiger partial charge in [-0.15, -0.1) is 3.63 Å². The predicted octanol–water partition coefficient (Wildman–Crippen LogP) is 0.975. The predicted molar refractivity (Wildman–Crippen MR) is 53.5 cm³/mol. The smallest absolute Gasteiger partial charge is 0.199 e. The van der Waals surface area contributed by atoms with E-state index in [1.54, 1.807) is 0 Å². The molecule has 0 aromatic heterocycles. The first-order chi connectivity index (χ1) is 5.71. The van der Waals surface area contributed by atoms with E-state index in [1.165, 1.54) is 0 Å². The van der Waals surface area contributed by atoms with Crippen molar-refractivity contribution in [1.82, 2.24) is 0 Å². The second kappa shape index (κ2) is 8.46. The second-order valence-electron chi connectivity index (χ2n) is 1.48. The van der Waals surface area contributed by atoms with Crippen LogP contribution >= 0.6 is 0 Å². The zero-order chi connectivity index (χ0) is 11.7. The summed E-state index contributed by atoms with van der Waals surface area (Å²) in [5.41, 5.74) is 0. The van der Waals surface area contributed by atoms with Gasteiger partial charge >= 0.3 is 0 Å². The average molecular weight is 234 g/mol. The van der Waals surface area contributed by atoms with E-state index >= 15 is 0 Å². The normalized spacial score (nSPS) is 10.3. The van der Waals surface area contributed by atoms with Gasteiger partial charge in [0.25, 0.3) is 20.2 Å². The van der Waals surface area contributed by atoms with Crippen molar-refractivity contribution in [3.63, 3.8) is 0 Å². The summed E-state index contributed by atoms with van der Waals surface area (Å²) in [6.07, 6.45) is 1.32. The first-order valence-corrected chi connectivity index (χ1v) is 7.45. The second-order valence-corrected chi connectivity index (χ2v) is 4.84. The van der Waals surface area contributed by atoms with E-state index in [4.69, 9.17) is 0 Å². The van der Waals surface area contributed by atoms with Gasteiger partial charge < -0.3 is 0 Å². The lowest BCUT2D eigenvalue weighted by molar-refractivity contribution is 0.471. The summed E-state index contributed by atoms with van der Waals surface area (Å²) in [4.78, 5) is 0. The Kier molecular flexibility index (Phi) is 12.1. The third-order valence-electron chi connectivity index (χ3n) is 0.247. The van der Waals surface area contributed by atoms with Crippen molar-refractivity contribution in [2.24, 2.45) is 0 Å². The zero-order valence-corrected chi connectivity index (χ0v) is 10.5. The molecular weight excluding hydrogens is 216 g/mol. The Morgan fingerprint density at radius 3 is 0.846 bits per heavy atom. The van der Waals surface area contributed by atoms with Gasteiger partial charge in [0.05, 0.1) is 12.5 Å². The lowest BCUT2D eigenvalue weighted by Crippen LogP contribution is -2.09. The summed E-state index contributed by atoms with van der Waals surface area (Å²) in [6.45, 7) is 8.00. The Labute approximate surface area is 81.4 Å². The minimum Gasteiger partial charge on any atom is -0.199 e. The highest BCUT2D eigenvalue weighted by molar-refractivity contribution is 7.99. The highest BCUT2D eigenvalue weighted by atomic mass is 32.3. The quantitative estimate of drug-likeness (QED) is 0.711. The third kappa shape index (κ3) is 33.6. The molecule has 7 heteroatoms. The Morgan fingerprint density at radius 2 is 0.846 bits per heavy atom. The van der Waals surface area contributed by atoms with Gasteiger partial charge in [-0.3, -0.25) is 0 Å². The molecule has 0 fully saturated rings. The van der Waals surface area contributed by atoms with Crippen molar-refractivity contribution in [3.8, 4) is 0 Å². The molecule has 0 heterocycles. The molecule has 0 aromatic rings. The summed E-state index contributed by atoms with van der Waals surface area (Å²) in [5.74, 6) is 0. The summed E-state index contributed by atoms with van der Waals surface area (Å²) in [7, 11) is -7.74. The van der Waals surface area contributed by atoms with Gasteiger partial charge in [0.1, 0.15) is 0 Å². The highest BCUT2D eigenvalue weighted by Gasteiger charge is 2.10. The fraction of sp³-hybridized carbons (Fsp3) is 1.00. The topological polar surface area (TPSA) is 77.5 Å². The van der Waals surface area contributed by atoms with Crippen molar-refractivity contribution in [2.45, 2.75) is 27.7 Å². The number of rotatable bonds is 2. The van der Waals surface area contributed by atoms with E-state index < -0.39 is 20.2 Å². The zero-order valence-electron chi connectivity index (χ0n) is 8.86. The molecule has 84 valence electrons. The molecule has 0 aliphatic rings. The number of hydrogen-bond donors (Lipinski definition) is 0. The van der Waals surface area contributed by atoms with E-state index in [2.05, 4.69) is 3.63 Å². The van der Waals surface area contributed by atoms with Crippen LogP contribution in [-0.4, -0.2) is 29.3 Å². The van der Waals surface area contributed by atoms with E-state index in [9.17, 15) is 16.8 Å². The minimum atomic E-state index is -3.87. The Balaban J connectivity index is -0.000000218. The van der Waals surface area contributed by atoms with Crippen LogP contribution < -0.4 is 0 Å². The van der Waals surface area contributed by atoms with Crippen LogP contribution in [0.3, 0.4) is 0 Å². The Morgan fingerprint density at radius 1 is 0.692 bits per heavy atom. The third-order valence-corrected chi connectivity index (χ3v) is 2.22. The fourth-order valence-electron chi connectivity index (χ4n) is 0.225. The summed E-state index contributed by atoms with van der Waals surface area (Å²) in [6, 6.07) is 0. The Bertz CT molecular complexity index is 244. The van der Waals surface area contributed by atoms with E-state index in [1.807, 2.05) is 27.7 Å². The molecule has 0 unspecified atom stereocenters. The first kappa shape index (κ1) is 18.6. The summed E-state index contributed by atoms with van der Waals surface area (Å²) >= 11 is 0. The van der Waals surface area contributed by atoms with Crippen LogP contribution in [0.15, 0.2) is 0 Å². The monoisotopic (exact) mass is 234 g/mol. The average Bonchev–Trinajstić information content (AvgIpc) is 1.88. The lowest BCUT2D eigenvalue weighted by Gasteiger charge is -1.92. The molecule has 0 aromatic carbocycles. The van der Waals surface area contributed by atoms with Crippen LogP contribution in [-0.2, 0) is 23.9 Å². The van der Waals surface area contributed by atoms with E-state index in [0.29, 0.717) is 12.5 Å². The van der Waals surface area contributed by atoms with Crippen molar-refractivity contribution in [1.29, 1.82) is 0 Å².